The van der Waals surface area contributed by atoms with Gasteiger partial charge < -0.3 is 16.0 Å². The number of aromatic nitrogens is 2. The minimum atomic E-state index is 0.0370. The molecule has 2 saturated heterocycles. The Morgan fingerprint density at radius 3 is 3.05 bits per heavy atom. The zero-order valence-electron chi connectivity index (χ0n) is 10.4. The average Bonchev–Trinajstić information content (AvgIpc) is 2.81. The van der Waals surface area contributed by atoms with Gasteiger partial charge in [0.25, 0.3) is 0 Å². The Labute approximate surface area is 116 Å². The smallest absolute Gasteiger partial charge is 0.225 e. The predicted octanol–water partition coefficient (Wildman–Crippen LogP) is -0.174. The van der Waals surface area contributed by atoms with Gasteiger partial charge in [0.1, 0.15) is 10.7 Å². The lowest BCUT2D eigenvalue weighted by Crippen LogP contribution is -2.47. The molecule has 0 aliphatic carbocycles. The van der Waals surface area contributed by atoms with Crippen LogP contribution in [0, 0.1) is 5.92 Å². The molecule has 3 heterocycles. The van der Waals surface area contributed by atoms with E-state index < -0.39 is 0 Å². The first-order valence-electron chi connectivity index (χ1n) is 6.33. The van der Waals surface area contributed by atoms with Crippen molar-refractivity contribution in [2.45, 2.75) is 18.9 Å². The van der Waals surface area contributed by atoms with Crippen LogP contribution in [0.2, 0.25) is 0 Å². The fourth-order valence-electron chi connectivity index (χ4n) is 2.93. The van der Waals surface area contributed by atoms with Crippen molar-refractivity contribution in [2.75, 3.05) is 18.0 Å². The maximum Gasteiger partial charge on any atom is 0.225 e. The number of hydrogen-bond acceptors (Lipinski definition) is 5. The van der Waals surface area contributed by atoms with Gasteiger partial charge in [-0.05, 0) is 12.8 Å². The molecule has 0 saturated carbocycles. The predicted molar refractivity (Wildman–Crippen MR) is 74.8 cm³/mol. The summed E-state index contributed by atoms with van der Waals surface area (Å²) in [6.07, 6.45) is 5.10. The van der Waals surface area contributed by atoms with E-state index in [0.29, 0.717) is 18.1 Å². The summed E-state index contributed by atoms with van der Waals surface area (Å²) in [5.74, 6) is 0.867. The minimum absolute atomic E-state index is 0.0370. The molecule has 2 atom stereocenters. The second kappa shape index (κ2) is 4.73. The molecule has 2 fully saturated rings. The van der Waals surface area contributed by atoms with Crippen LogP contribution < -0.4 is 16.0 Å². The number of carbonyl (C=O) groups is 1. The van der Waals surface area contributed by atoms with E-state index in [2.05, 4.69) is 20.2 Å². The average molecular weight is 277 g/mol. The Balaban J connectivity index is 1.97. The fourth-order valence-corrected chi connectivity index (χ4v) is 3.07. The molecule has 2 aliphatic rings. The zero-order valence-corrected chi connectivity index (χ0v) is 11.2. The summed E-state index contributed by atoms with van der Waals surface area (Å²) < 4.78 is 0. The summed E-state index contributed by atoms with van der Waals surface area (Å²) in [5, 5.41) is 2.92. The van der Waals surface area contributed by atoms with Crippen LogP contribution in [-0.4, -0.2) is 40.0 Å². The van der Waals surface area contributed by atoms with Crippen LogP contribution in [0.3, 0.4) is 0 Å². The summed E-state index contributed by atoms with van der Waals surface area (Å²) >= 11 is 5.03. The number of thiocarbonyl (C=S) groups is 1. The van der Waals surface area contributed by atoms with E-state index in [9.17, 15) is 4.79 Å². The SMILES string of the molecule is NC(=S)c1nccnc1N1CCCC2C(=O)NCC21. The van der Waals surface area contributed by atoms with Crippen LogP contribution in [0.15, 0.2) is 12.4 Å². The molecule has 3 rings (SSSR count). The Morgan fingerprint density at radius 1 is 1.47 bits per heavy atom. The van der Waals surface area contributed by atoms with Gasteiger partial charge in [-0.1, -0.05) is 12.2 Å². The number of nitrogens with zero attached hydrogens (tertiary/aromatic N) is 3. The molecule has 1 aromatic heterocycles. The summed E-state index contributed by atoms with van der Waals surface area (Å²) in [6, 6.07) is 0.131. The second-order valence-corrected chi connectivity index (χ2v) is 5.29. The molecular formula is C12H15N5OS. The van der Waals surface area contributed by atoms with Crippen molar-refractivity contribution in [3.05, 3.63) is 18.1 Å². The Bertz CT molecular complexity index is 535. The van der Waals surface area contributed by atoms with Crippen molar-refractivity contribution in [2.24, 2.45) is 11.7 Å². The summed E-state index contributed by atoms with van der Waals surface area (Å²) in [5.41, 5.74) is 6.24. The molecule has 7 heteroatoms. The van der Waals surface area contributed by atoms with Crippen molar-refractivity contribution in [3.8, 4) is 0 Å². The molecule has 0 bridgehead atoms. The number of rotatable bonds is 2. The van der Waals surface area contributed by atoms with E-state index in [1.165, 1.54) is 0 Å². The maximum atomic E-state index is 11.8. The first-order valence-corrected chi connectivity index (χ1v) is 6.74. The minimum Gasteiger partial charge on any atom is -0.388 e. The number of hydrogen-bond donors (Lipinski definition) is 2. The Kier molecular flexibility index (Phi) is 3.06. The highest BCUT2D eigenvalue weighted by atomic mass is 32.1. The zero-order chi connectivity index (χ0) is 13.4. The van der Waals surface area contributed by atoms with Crippen LogP contribution in [-0.2, 0) is 4.79 Å². The third kappa shape index (κ3) is 2.03. The van der Waals surface area contributed by atoms with Gasteiger partial charge in [0.2, 0.25) is 5.91 Å². The highest BCUT2D eigenvalue weighted by Gasteiger charge is 2.42. The van der Waals surface area contributed by atoms with Crippen LogP contribution in [0.25, 0.3) is 0 Å². The quantitative estimate of drug-likeness (QED) is 0.730. The standard InChI is InChI=1S/C12H15N5OS/c13-10(19)9-11(15-4-3-14-9)17-5-1-2-7-8(17)6-16-12(7)18/h3-4,7-8H,1-2,5-6H2,(H2,13,19)(H,16,18). The second-order valence-electron chi connectivity index (χ2n) is 4.85. The van der Waals surface area contributed by atoms with Crippen LogP contribution >= 0.6 is 12.2 Å². The third-order valence-corrected chi connectivity index (χ3v) is 3.98. The number of nitrogens with two attached hydrogens (primary N) is 1. The normalized spacial score (nSPS) is 25.9. The molecule has 19 heavy (non-hydrogen) atoms. The van der Waals surface area contributed by atoms with Crippen LogP contribution in [0.5, 0.6) is 0 Å². The molecule has 3 N–H and O–H groups in total. The van der Waals surface area contributed by atoms with E-state index in [0.717, 1.165) is 19.4 Å². The highest BCUT2D eigenvalue weighted by molar-refractivity contribution is 7.80. The number of piperidine rings is 1. The third-order valence-electron chi connectivity index (χ3n) is 3.79. The molecule has 6 nitrogen and oxygen atoms in total. The van der Waals surface area contributed by atoms with Gasteiger partial charge in [-0.2, -0.15) is 0 Å². The van der Waals surface area contributed by atoms with Gasteiger partial charge in [-0.3, -0.25) is 4.79 Å². The molecule has 1 aromatic rings. The fraction of sp³-hybridized carbons (Fsp3) is 0.500. The van der Waals surface area contributed by atoms with Crippen molar-refractivity contribution in [1.29, 1.82) is 0 Å². The number of amides is 1. The molecule has 100 valence electrons. The van der Waals surface area contributed by atoms with Gasteiger partial charge in [0.05, 0.1) is 12.0 Å². The largest absolute Gasteiger partial charge is 0.388 e. The number of fused-ring (bicyclic) bond motifs is 1. The molecule has 1 amide bonds. The molecule has 0 aromatic carbocycles. The van der Waals surface area contributed by atoms with Crippen molar-refractivity contribution >= 4 is 28.9 Å². The molecule has 2 unspecified atom stereocenters. The van der Waals surface area contributed by atoms with Gasteiger partial charge >= 0.3 is 0 Å². The summed E-state index contributed by atoms with van der Waals surface area (Å²) in [6.45, 7) is 1.50. The van der Waals surface area contributed by atoms with Crippen LogP contribution in [0.1, 0.15) is 18.5 Å². The van der Waals surface area contributed by atoms with Gasteiger partial charge in [0.15, 0.2) is 5.82 Å². The van der Waals surface area contributed by atoms with E-state index in [1.807, 2.05) is 0 Å². The first kappa shape index (κ1) is 12.3. The Morgan fingerprint density at radius 2 is 2.26 bits per heavy atom. The summed E-state index contributed by atoms with van der Waals surface area (Å²) in [7, 11) is 0. The number of anilines is 1. The molecule has 0 spiro atoms. The lowest BCUT2D eigenvalue weighted by molar-refractivity contribution is -0.122. The van der Waals surface area contributed by atoms with E-state index in [1.54, 1.807) is 12.4 Å². The molecular weight excluding hydrogens is 262 g/mol. The highest BCUT2D eigenvalue weighted by Crippen LogP contribution is 2.31. The number of carbonyl (C=O) groups excluding carboxylic acids is 1. The van der Waals surface area contributed by atoms with Crippen molar-refractivity contribution in [3.63, 3.8) is 0 Å². The van der Waals surface area contributed by atoms with Crippen molar-refractivity contribution < 1.29 is 4.79 Å². The van der Waals surface area contributed by atoms with E-state index in [-0.39, 0.29) is 22.9 Å². The maximum absolute atomic E-state index is 11.8. The van der Waals surface area contributed by atoms with E-state index in [4.69, 9.17) is 18.0 Å². The lowest BCUT2D eigenvalue weighted by atomic mass is 9.91. The molecule has 0 radical (unpaired) electrons. The van der Waals surface area contributed by atoms with Gasteiger partial charge in [-0.25, -0.2) is 9.97 Å². The van der Waals surface area contributed by atoms with E-state index >= 15 is 0 Å². The topological polar surface area (TPSA) is 84.1 Å². The van der Waals surface area contributed by atoms with Crippen molar-refractivity contribution in [1.82, 2.24) is 15.3 Å². The van der Waals surface area contributed by atoms with Gasteiger partial charge in [-0.15, -0.1) is 0 Å². The number of nitrogens with one attached hydrogen (secondary N) is 1. The molecule has 2 aliphatic heterocycles. The lowest BCUT2D eigenvalue weighted by Gasteiger charge is -2.37. The summed E-state index contributed by atoms with van der Waals surface area (Å²) in [4.78, 5) is 22.7. The van der Waals surface area contributed by atoms with Crippen LogP contribution in [0.4, 0.5) is 5.82 Å². The first-order chi connectivity index (χ1) is 9.18. The van der Waals surface area contributed by atoms with Gasteiger partial charge in [0, 0.05) is 25.5 Å². The Hall–Kier alpha value is -1.76. The monoisotopic (exact) mass is 277 g/mol.